The van der Waals surface area contributed by atoms with Crippen molar-refractivity contribution < 1.29 is 19.1 Å². The first-order chi connectivity index (χ1) is 11.9. The van der Waals surface area contributed by atoms with Gasteiger partial charge < -0.3 is 19.7 Å². The van der Waals surface area contributed by atoms with Gasteiger partial charge in [0.25, 0.3) is 5.91 Å². The summed E-state index contributed by atoms with van der Waals surface area (Å²) in [6.07, 6.45) is 1.91. The predicted octanol–water partition coefficient (Wildman–Crippen LogP) is 2.20. The molecule has 0 saturated carbocycles. The zero-order valence-electron chi connectivity index (χ0n) is 14.3. The molecule has 1 aromatic carbocycles. The third-order valence-electron chi connectivity index (χ3n) is 4.09. The van der Waals surface area contributed by atoms with Crippen LogP contribution in [0.25, 0.3) is 0 Å². The highest BCUT2D eigenvalue weighted by Gasteiger charge is 2.24. The molecule has 0 radical (unpaired) electrons. The van der Waals surface area contributed by atoms with E-state index in [-0.39, 0.29) is 43.1 Å². The van der Waals surface area contributed by atoms with Crippen molar-refractivity contribution in [2.75, 3.05) is 19.7 Å². The number of carbonyl (C=O) groups excluding carboxylic acids is 3. The van der Waals surface area contributed by atoms with Gasteiger partial charge in [0.2, 0.25) is 5.91 Å². The van der Waals surface area contributed by atoms with E-state index in [1.54, 1.807) is 29.2 Å². The van der Waals surface area contributed by atoms with Crippen LogP contribution in [-0.4, -0.2) is 48.2 Å². The number of hydrogen-bond acceptors (Lipinski definition) is 4. The van der Waals surface area contributed by atoms with E-state index in [1.165, 1.54) is 6.92 Å². The zero-order chi connectivity index (χ0) is 18.2. The number of halogens is 1. The second-order valence-electron chi connectivity index (χ2n) is 6.17. The number of amides is 2. The molecule has 136 valence electrons. The van der Waals surface area contributed by atoms with E-state index >= 15 is 0 Å². The maximum atomic E-state index is 12.2. The van der Waals surface area contributed by atoms with Crippen LogP contribution >= 0.6 is 11.6 Å². The van der Waals surface area contributed by atoms with E-state index in [2.05, 4.69) is 5.32 Å². The molecule has 0 aliphatic carbocycles. The normalized spacial score (nSPS) is 14.9. The molecule has 1 fully saturated rings. The Morgan fingerprint density at radius 1 is 1.16 bits per heavy atom. The summed E-state index contributed by atoms with van der Waals surface area (Å²) in [7, 11) is 0. The molecule has 0 aromatic heterocycles. The zero-order valence-corrected chi connectivity index (χ0v) is 15.1. The van der Waals surface area contributed by atoms with Crippen LogP contribution in [0.4, 0.5) is 0 Å². The van der Waals surface area contributed by atoms with Crippen molar-refractivity contribution in [1.82, 2.24) is 10.2 Å². The molecule has 25 heavy (non-hydrogen) atoms. The third kappa shape index (κ3) is 6.74. The lowest BCUT2D eigenvalue weighted by Gasteiger charge is -2.32. The fourth-order valence-electron chi connectivity index (χ4n) is 2.63. The molecule has 2 amide bonds. The van der Waals surface area contributed by atoms with E-state index in [4.69, 9.17) is 16.3 Å². The number of piperidine rings is 1. The first-order valence-corrected chi connectivity index (χ1v) is 8.77. The maximum Gasteiger partial charge on any atom is 0.260 e. The van der Waals surface area contributed by atoms with Crippen molar-refractivity contribution in [1.29, 1.82) is 0 Å². The fraction of sp³-hybridized carbons (Fsp3) is 0.500. The number of ketones is 1. The second kappa shape index (κ2) is 9.42. The minimum atomic E-state index is -0.106. The van der Waals surface area contributed by atoms with E-state index in [0.29, 0.717) is 36.7 Å². The highest BCUT2D eigenvalue weighted by Crippen LogP contribution is 2.16. The number of ether oxygens (including phenoxy) is 1. The number of hydrogen-bond donors (Lipinski definition) is 1. The molecule has 0 bridgehead atoms. The number of nitrogens with one attached hydrogen (secondary N) is 1. The molecular formula is C18H23ClN2O4. The Morgan fingerprint density at radius 3 is 2.40 bits per heavy atom. The first-order valence-electron chi connectivity index (χ1n) is 8.39. The van der Waals surface area contributed by atoms with Gasteiger partial charge in [-0.1, -0.05) is 11.6 Å². The van der Waals surface area contributed by atoms with Gasteiger partial charge in [-0.3, -0.25) is 9.59 Å². The largest absolute Gasteiger partial charge is 0.484 e. The lowest BCUT2D eigenvalue weighted by Crippen LogP contribution is -2.47. The molecule has 1 heterocycles. The van der Waals surface area contributed by atoms with E-state index in [0.717, 1.165) is 0 Å². The van der Waals surface area contributed by atoms with Gasteiger partial charge in [0.05, 0.1) is 0 Å². The van der Waals surface area contributed by atoms with Crippen LogP contribution in [0.15, 0.2) is 24.3 Å². The van der Waals surface area contributed by atoms with Gasteiger partial charge in [-0.25, -0.2) is 0 Å². The van der Waals surface area contributed by atoms with Gasteiger partial charge in [-0.15, -0.1) is 0 Å². The number of benzene rings is 1. The van der Waals surface area contributed by atoms with Crippen LogP contribution in [0.3, 0.4) is 0 Å². The van der Waals surface area contributed by atoms with Gasteiger partial charge in [0, 0.05) is 37.0 Å². The summed E-state index contributed by atoms with van der Waals surface area (Å²) in [4.78, 5) is 36.6. The summed E-state index contributed by atoms with van der Waals surface area (Å²) in [5.74, 6) is 0.434. The lowest BCUT2D eigenvalue weighted by molar-refractivity contribution is -0.134. The molecular weight excluding hydrogens is 344 g/mol. The summed E-state index contributed by atoms with van der Waals surface area (Å²) in [5.41, 5.74) is 0. The lowest BCUT2D eigenvalue weighted by atomic mass is 10.0. The molecule has 7 heteroatoms. The fourth-order valence-corrected chi connectivity index (χ4v) is 2.76. The number of Topliss-reactive ketones (excluding diaryl/α,β-unsaturated/α-hetero) is 1. The van der Waals surface area contributed by atoms with Crippen LogP contribution in [0, 0.1) is 0 Å². The summed E-state index contributed by atoms with van der Waals surface area (Å²) in [6.45, 7) is 2.63. The van der Waals surface area contributed by atoms with Gasteiger partial charge in [0.15, 0.2) is 6.61 Å². The van der Waals surface area contributed by atoms with Crippen molar-refractivity contribution in [2.24, 2.45) is 0 Å². The van der Waals surface area contributed by atoms with Crippen LogP contribution in [0.2, 0.25) is 5.02 Å². The van der Waals surface area contributed by atoms with Crippen LogP contribution in [0.5, 0.6) is 5.75 Å². The minimum Gasteiger partial charge on any atom is -0.484 e. The Hall–Kier alpha value is -2.08. The highest BCUT2D eigenvalue weighted by molar-refractivity contribution is 6.30. The quantitative estimate of drug-likeness (QED) is 0.802. The minimum absolute atomic E-state index is 0.0104. The molecule has 6 nitrogen and oxygen atoms in total. The van der Waals surface area contributed by atoms with E-state index in [9.17, 15) is 14.4 Å². The van der Waals surface area contributed by atoms with Gasteiger partial charge >= 0.3 is 0 Å². The van der Waals surface area contributed by atoms with Crippen molar-refractivity contribution in [3.63, 3.8) is 0 Å². The number of likely N-dealkylation sites (tertiary alicyclic amines) is 1. The van der Waals surface area contributed by atoms with Crippen molar-refractivity contribution in [3.05, 3.63) is 29.3 Å². The van der Waals surface area contributed by atoms with Gasteiger partial charge in [-0.05, 0) is 44.0 Å². The predicted molar refractivity (Wildman–Crippen MR) is 94.6 cm³/mol. The average molecular weight is 367 g/mol. The topological polar surface area (TPSA) is 75.7 Å². The molecule has 1 aliphatic heterocycles. The highest BCUT2D eigenvalue weighted by atomic mass is 35.5. The summed E-state index contributed by atoms with van der Waals surface area (Å²) in [6, 6.07) is 6.92. The Labute approximate surface area is 152 Å². The Bertz CT molecular complexity index is 610. The third-order valence-corrected chi connectivity index (χ3v) is 4.34. The standard InChI is InChI=1S/C18H23ClN2O4/c1-13(22)2-7-17(23)20-15-8-10-21(11-9-15)18(24)12-25-16-5-3-14(19)4-6-16/h3-6,15H,2,7-12H2,1H3,(H,20,23). The van der Waals surface area contributed by atoms with E-state index < -0.39 is 0 Å². The summed E-state index contributed by atoms with van der Waals surface area (Å²) >= 11 is 5.80. The Kier molecular flexibility index (Phi) is 7.25. The molecule has 1 saturated heterocycles. The van der Waals surface area contributed by atoms with Crippen molar-refractivity contribution in [2.45, 2.75) is 38.6 Å². The molecule has 0 spiro atoms. The average Bonchev–Trinajstić information content (AvgIpc) is 2.60. The van der Waals surface area contributed by atoms with Crippen LogP contribution in [0.1, 0.15) is 32.6 Å². The molecule has 0 atom stereocenters. The van der Waals surface area contributed by atoms with Crippen LogP contribution < -0.4 is 10.1 Å². The van der Waals surface area contributed by atoms with Gasteiger partial charge in [0.1, 0.15) is 11.5 Å². The smallest absolute Gasteiger partial charge is 0.260 e. The molecule has 1 N–H and O–H groups in total. The maximum absolute atomic E-state index is 12.2. The van der Waals surface area contributed by atoms with Crippen molar-refractivity contribution in [3.8, 4) is 5.75 Å². The first kappa shape index (κ1) is 19.2. The number of carbonyl (C=O) groups is 3. The summed E-state index contributed by atoms with van der Waals surface area (Å²) < 4.78 is 5.47. The van der Waals surface area contributed by atoms with Crippen molar-refractivity contribution >= 4 is 29.2 Å². The van der Waals surface area contributed by atoms with E-state index in [1.807, 2.05) is 0 Å². The molecule has 1 aromatic rings. The number of rotatable bonds is 7. The Morgan fingerprint density at radius 2 is 1.80 bits per heavy atom. The summed E-state index contributed by atoms with van der Waals surface area (Å²) in [5, 5.41) is 3.54. The SMILES string of the molecule is CC(=O)CCC(=O)NC1CCN(C(=O)COc2ccc(Cl)cc2)CC1. The molecule has 0 unspecified atom stereocenters. The number of nitrogens with zero attached hydrogens (tertiary/aromatic N) is 1. The molecule has 2 rings (SSSR count). The monoisotopic (exact) mass is 366 g/mol. The van der Waals surface area contributed by atoms with Gasteiger partial charge in [-0.2, -0.15) is 0 Å². The van der Waals surface area contributed by atoms with Crippen LogP contribution in [-0.2, 0) is 14.4 Å². The molecule has 1 aliphatic rings. The second-order valence-corrected chi connectivity index (χ2v) is 6.60. The Balaban J connectivity index is 1.68.